The highest BCUT2D eigenvalue weighted by Gasteiger charge is 2.20. The summed E-state index contributed by atoms with van der Waals surface area (Å²) in [5, 5.41) is 4.39. The minimum absolute atomic E-state index is 0.554. The van der Waals surface area contributed by atoms with Gasteiger partial charge < -0.3 is 4.42 Å². The van der Waals surface area contributed by atoms with Gasteiger partial charge in [0.25, 0.3) is 0 Å². The van der Waals surface area contributed by atoms with Gasteiger partial charge in [-0.15, -0.1) is 0 Å². The van der Waals surface area contributed by atoms with E-state index in [2.05, 4.69) is 83.4 Å². The maximum Gasteiger partial charge on any atom is 0.238 e. The third kappa shape index (κ3) is 3.83. The van der Waals surface area contributed by atoms with Gasteiger partial charge in [0.1, 0.15) is 11.2 Å². The summed E-state index contributed by atoms with van der Waals surface area (Å²) in [6.45, 7) is 0. The summed E-state index contributed by atoms with van der Waals surface area (Å²) in [6, 6.07) is 49.8. The lowest BCUT2D eigenvalue weighted by atomic mass is 10.0. The van der Waals surface area contributed by atoms with Crippen LogP contribution in [-0.2, 0) is 0 Å². The molecule has 0 radical (unpaired) electrons. The number of aromatic nitrogens is 4. The third-order valence-corrected chi connectivity index (χ3v) is 8.28. The number of para-hydroxylation sites is 3. The minimum atomic E-state index is 0.554. The first-order valence-corrected chi connectivity index (χ1v) is 14.6. The molecule has 206 valence electrons. The number of benzene rings is 6. The van der Waals surface area contributed by atoms with Gasteiger partial charge in [0.15, 0.2) is 11.6 Å². The SMILES string of the molecule is c1ccc(-c2ccc3c4ccccc4n(-c4nc(-c5ccccc5)nc(-c5cccc6c5oc5ccccc56)n4)c3c2)cc1. The Hall–Kier alpha value is -6.07. The molecule has 0 bridgehead atoms. The fraction of sp³-hybridized carbons (Fsp3) is 0. The molecule has 0 fully saturated rings. The van der Waals surface area contributed by atoms with Gasteiger partial charge in [0.2, 0.25) is 5.95 Å². The van der Waals surface area contributed by atoms with Crippen LogP contribution in [-0.4, -0.2) is 19.5 Å². The molecule has 0 saturated heterocycles. The molecule has 0 amide bonds. The van der Waals surface area contributed by atoms with E-state index in [1.54, 1.807) is 0 Å². The van der Waals surface area contributed by atoms with Gasteiger partial charge in [-0.1, -0.05) is 121 Å². The van der Waals surface area contributed by atoms with Crippen LogP contribution in [0, 0.1) is 0 Å². The van der Waals surface area contributed by atoms with E-state index in [1.807, 2.05) is 66.7 Å². The summed E-state index contributed by atoms with van der Waals surface area (Å²) in [7, 11) is 0. The zero-order valence-corrected chi connectivity index (χ0v) is 23.6. The second-order valence-electron chi connectivity index (χ2n) is 10.9. The number of furan rings is 1. The van der Waals surface area contributed by atoms with E-state index >= 15 is 0 Å². The van der Waals surface area contributed by atoms with Crippen molar-refractivity contribution in [3.63, 3.8) is 0 Å². The van der Waals surface area contributed by atoms with Crippen LogP contribution in [0.3, 0.4) is 0 Å². The van der Waals surface area contributed by atoms with Crippen molar-refractivity contribution in [2.45, 2.75) is 0 Å². The van der Waals surface area contributed by atoms with Crippen molar-refractivity contribution in [3.05, 3.63) is 146 Å². The van der Waals surface area contributed by atoms with Crippen molar-refractivity contribution in [1.82, 2.24) is 19.5 Å². The van der Waals surface area contributed by atoms with E-state index in [4.69, 9.17) is 19.4 Å². The van der Waals surface area contributed by atoms with E-state index < -0.39 is 0 Å². The highest BCUT2D eigenvalue weighted by Crippen LogP contribution is 2.37. The Morgan fingerprint density at radius 3 is 1.93 bits per heavy atom. The minimum Gasteiger partial charge on any atom is -0.455 e. The van der Waals surface area contributed by atoms with E-state index in [-0.39, 0.29) is 0 Å². The van der Waals surface area contributed by atoms with Crippen LogP contribution in [0.25, 0.3) is 83.6 Å². The zero-order valence-electron chi connectivity index (χ0n) is 23.6. The third-order valence-electron chi connectivity index (χ3n) is 8.28. The molecule has 0 unspecified atom stereocenters. The number of rotatable bonds is 4. The van der Waals surface area contributed by atoms with Gasteiger partial charge in [0, 0.05) is 27.1 Å². The van der Waals surface area contributed by atoms with Crippen molar-refractivity contribution in [2.75, 3.05) is 0 Å². The predicted molar refractivity (Wildman–Crippen MR) is 178 cm³/mol. The molecule has 3 heterocycles. The molecule has 6 aromatic carbocycles. The standard InChI is InChI=1S/C39H24N4O/c1-3-12-25(13-4-1)27-22-23-29-28-16-7-9-20-33(28)43(34(29)24-27)39-41-37(26-14-5-2-6-15-26)40-38(42-39)32-19-11-18-31-30-17-8-10-21-35(30)44-36(31)32/h1-24H. The first-order valence-electron chi connectivity index (χ1n) is 14.6. The van der Waals surface area contributed by atoms with Gasteiger partial charge >= 0.3 is 0 Å². The Labute approximate surface area is 252 Å². The molecule has 5 heteroatoms. The first-order chi connectivity index (χ1) is 21.8. The summed E-state index contributed by atoms with van der Waals surface area (Å²) in [5.41, 5.74) is 7.69. The number of nitrogens with zero attached hydrogens (tertiary/aromatic N) is 4. The van der Waals surface area contributed by atoms with Crippen LogP contribution >= 0.6 is 0 Å². The highest BCUT2D eigenvalue weighted by molar-refractivity contribution is 6.11. The molecule has 0 aliphatic heterocycles. The molecule has 5 nitrogen and oxygen atoms in total. The van der Waals surface area contributed by atoms with Crippen LogP contribution in [0.4, 0.5) is 0 Å². The lowest BCUT2D eigenvalue weighted by Gasteiger charge is -2.11. The summed E-state index contributed by atoms with van der Waals surface area (Å²) in [5.74, 6) is 1.71. The van der Waals surface area contributed by atoms with Crippen LogP contribution in [0.5, 0.6) is 0 Å². The molecule has 0 atom stereocenters. The summed E-state index contributed by atoms with van der Waals surface area (Å²) >= 11 is 0. The lowest BCUT2D eigenvalue weighted by molar-refractivity contribution is 0.669. The average Bonchev–Trinajstić information content (AvgIpc) is 3.64. The molecular weight excluding hydrogens is 540 g/mol. The number of hydrogen-bond donors (Lipinski definition) is 0. The largest absolute Gasteiger partial charge is 0.455 e. The van der Waals surface area contributed by atoms with E-state index in [1.165, 1.54) is 0 Å². The van der Waals surface area contributed by atoms with Gasteiger partial charge in [-0.3, -0.25) is 4.57 Å². The zero-order chi connectivity index (χ0) is 29.0. The molecule has 3 aromatic heterocycles. The summed E-state index contributed by atoms with van der Waals surface area (Å²) in [6.07, 6.45) is 0. The van der Waals surface area contributed by atoms with Crippen molar-refractivity contribution in [2.24, 2.45) is 0 Å². The van der Waals surface area contributed by atoms with E-state index in [9.17, 15) is 0 Å². The molecule has 0 aliphatic carbocycles. The Morgan fingerprint density at radius 1 is 0.432 bits per heavy atom. The van der Waals surface area contributed by atoms with Crippen LogP contribution < -0.4 is 0 Å². The topological polar surface area (TPSA) is 56.7 Å². The number of hydrogen-bond acceptors (Lipinski definition) is 4. The van der Waals surface area contributed by atoms with Crippen LogP contribution in [0.15, 0.2) is 150 Å². The van der Waals surface area contributed by atoms with E-state index in [0.29, 0.717) is 17.6 Å². The fourth-order valence-electron chi connectivity index (χ4n) is 6.22. The van der Waals surface area contributed by atoms with Crippen LogP contribution in [0.1, 0.15) is 0 Å². The second kappa shape index (κ2) is 9.75. The monoisotopic (exact) mass is 564 g/mol. The molecule has 44 heavy (non-hydrogen) atoms. The normalized spacial score (nSPS) is 11.6. The van der Waals surface area contributed by atoms with Crippen molar-refractivity contribution >= 4 is 43.7 Å². The van der Waals surface area contributed by atoms with Gasteiger partial charge in [0.05, 0.1) is 16.6 Å². The Balaban J connectivity index is 1.36. The van der Waals surface area contributed by atoms with Crippen LogP contribution in [0.2, 0.25) is 0 Å². The van der Waals surface area contributed by atoms with Crippen molar-refractivity contribution < 1.29 is 4.42 Å². The number of fused-ring (bicyclic) bond motifs is 6. The highest BCUT2D eigenvalue weighted by atomic mass is 16.3. The molecule has 9 rings (SSSR count). The predicted octanol–water partition coefficient (Wildman–Crippen LogP) is 9.87. The van der Waals surface area contributed by atoms with Gasteiger partial charge in [-0.25, -0.2) is 4.98 Å². The van der Waals surface area contributed by atoms with Crippen molar-refractivity contribution in [1.29, 1.82) is 0 Å². The first kappa shape index (κ1) is 24.5. The van der Waals surface area contributed by atoms with Gasteiger partial charge in [-0.2, -0.15) is 9.97 Å². The molecule has 0 spiro atoms. The fourth-order valence-corrected chi connectivity index (χ4v) is 6.22. The lowest BCUT2D eigenvalue weighted by Crippen LogP contribution is -2.06. The average molecular weight is 565 g/mol. The smallest absolute Gasteiger partial charge is 0.238 e. The quantitative estimate of drug-likeness (QED) is 0.213. The molecular formula is C39H24N4O. The summed E-state index contributed by atoms with van der Waals surface area (Å²) < 4.78 is 8.57. The molecule has 0 saturated carbocycles. The second-order valence-corrected chi connectivity index (χ2v) is 10.9. The maximum atomic E-state index is 6.41. The maximum absolute atomic E-state index is 6.41. The Kier molecular flexibility index (Phi) is 5.43. The molecule has 0 aliphatic rings. The van der Waals surface area contributed by atoms with E-state index in [0.717, 1.165) is 66.0 Å². The van der Waals surface area contributed by atoms with Gasteiger partial charge in [-0.05, 0) is 35.4 Å². The summed E-state index contributed by atoms with van der Waals surface area (Å²) in [4.78, 5) is 15.3. The molecule has 0 N–H and O–H groups in total. The molecule has 9 aromatic rings. The Morgan fingerprint density at radius 2 is 1.09 bits per heavy atom. The Bertz CT molecular complexity index is 2490. The van der Waals surface area contributed by atoms with Crippen molar-refractivity contribution in [3.8, 4) is 39.9 Å².